The predicted octanol–water partition coefficient (Wildman–Crippen LogP) is 3.70. The molecule has 382 valence electrons. The third-order valence-corrected chi connectivity index (χ3v) is 13.0. The molecule has 4 aliphatic rings. The van der Waals surface area contributed by atoms with Crippen molar-refractivity contribution in [1.82, 2.24) is 4.90 Å². The maximum Gasteiger partial charge on any atom is 0.308 e. The lowest BCUT2D eigenvalue weighted by molar-refractivity contribution is -0.305. The molecule has 3 N–H and O–H groups in total. The smallest absolute Gasteiger partial charge is 0.308 e. The first kappa shape index (κ1) is 55.5. The number of hydrogen-bond acceptors (Lipinski definition) is 18. The molecule has 0 spiro atoms. The van der Waals surface area contributed by atoms with E-state index in [4.69, 9.17) is 52.2 Å². The Labute approximate surface area is 401 Å². The molecule has 1 aromatic carbocycles. The van der Waals surface area contributed by atoms with E-state index in [0.29, 0.717) is 25.2 Å². The highest BCUT2D eigenvalue weighted by molar-refractivity contribution is 5.91. The van der Waals surface area contributed by atoms with E-state index in [2.05, 4.69) is 5.16 Å². The molecule has 16 atom stereocenters. The van der Waals surface area contributed by atoms with Gasteiger partial charge in [-0.2, -0.15) is 0 Å². The van der Waals surface area contributed by atoms with E-state index in [0.717, 1.165) is 11.1 Å². The summed E-state index contributed by atoms with van der Waals surface area (Å²) in [7, 11) is 6.49. The second kappa shape index (κ2) is 27.8. The molecule has 68 heavy (non-hydrogen) atoms. The number of carbonyl (C=O) groups is 2. The van der Waals surface area contributed by atoms with Crippen molar-refractivity contribution in [3.05, 3.63) is 65.8 Å². The molecule has 0 aliphatic carbocycles. The van der Waals surface area contributed by atoms with Crippen molar-refractivity contribution in [2.45, 2.75) is 127 Å². The summed E-state index contributed by atoms with van der Waals surface area (Å²) in [6.45, 7) is 9.33. The average Bonchev–Trinajstić information content (AvgIpc) is 3.33. The van der Waals surface area contributed by atoms with Crippen molar-refractivity contribution in [1.29, 1.82) is 0 Å². The van der Waals surface area contributed by atoms with Crippen LogP contribution < -0.4 is 0 Å². The van der Waals surface area contributed by atoms with Gasteiger partial charge in [0, 0.05) is 38.6 Å². The van der Waals surface area contributed by atoms with E-state index in [1.54, 1.807) is 45.0 Å². The molecule has 0 amide bonds. The molecule has 4 heterocycles. The molecule has 18 nitrogen and oxygen atoms in total. The summed E-state index contributed by atoms with van der Waals surface area (Å²) in [5, 5.41) is 37.7. The van der Waals surface area contributed by atoms with Gasteiger partial charge in [-0.1, -0.05) is 79.2 Å². The first-order chi connectivity index (χ1) is 32.6. The maximum absolute atomic E-state index is 14.1. The van der Waals surface area contributed by atoms with Gasteiger partial charge in [0.25, 0.3) is 0 Å². The summed E-state index contributed by atoms with van der Waals surface area (Å²) < 4.78 is 60.8. The highest BCUT2D eigenvalue weighted by Gasteiger charge is 2.48. The number of hydrogen-bond donors (Lipinski definition) is 3. The molecule has 1 unspecified atom stereocenters. The van der Waals surface area contributed by atoms with E-state index in [-0.39, 0.29) is 57.9 Å². The molecule has 0 radical (unpaired) electrons. The van der Waals surface area contributed by atoms with Gasteiger partial charge in [-0.05, 0) is 65.3 Å². The summed E-state index contributed by atoms with van der Waals surface area (Å²) >= 11 is 0. The molecule has 0 aromatic heterocycles. The van der Waals surface area contributed by atoms with Gasteiger partial charge in [0.05, 0.1) is 76.0 Å². The van der Waals surface area contributed by atoms with Crippen molar-refractivity contribution >= 4 is 23.5 Å². The molecular formula is C50H76N2O16. The Morgan fingerprint density at radius 1 is 0.882 bits per heavy atom. The number of fused-ring (bicyclic) bond motifs is 3. The predicted molar refractivity (Wildman–Crippen MR) is 250 cm³/mol. The Kier molecular flexibility index (Phi) is 22.7. The summed E-state index contributed by atoms with van der Waals surface area (Å²) in [6, 6.07) is 9.13. The highest BCUT2D eigenvalue weighted by atomic mass is 16.7. The Morgan fingerprint density at radius 2 is 1.60 bits per heavy atom. The van der Waals surface area contributed by atoms with Crippen LogP contribution in [0.4, 0.5) is 0 Å². The number of esters is 1. The summed E-state index contributed by atoms with van der Waals surface area (Å²) in [5.41, 5.74) is 2.19. The van der Waals surface area contributed by atoms with Gasteiger partial charge in [-0.15, -0.1) is 0 Å². The van der Waals surface area contributed by atoms with Crippen LogP contribution in [0.1, 0.15) is 59.4 Å². The second-order valence-corrected chi connectivity index (χ2v) is 18.5. The Morgan fingerprint density at radius 3 is 2.32 bits per heavy atom. The number of nitrogens with zero attached hydrogens (tertiary/aromatic N) is 2. The van der Waals surface area contributed by atoms with Crippen LogP contribution in [0.25, 0.3) is 6.08 Å². The quantitative estimate of drug-likeness (QED) is 0.105. The van der Waals surface area contributed by atoms with Crippen molar-refractivity contribution in [3.8, 4) is 0 Å². The van der Waals surface area contributed by atoms with Gasteiger partial charge >= 0.3 is 5.97 Å². The normalized spacial score (nSPS) is 38.2. The van der Waals surface area contributed by atoms with Crippen LogP contribution in [0, 0.1) is 23.7 Å². The lowest BCUT2D eigenvalue weighted by Gasteiger charge is -2.47. The minimum atomic E-state index is -1.25. The van der Waals surface area contributed by atoms with Gasteiger partial charge < -0.3 is 72.4 Å². The number of cyclic esters (lactones) is 1. The third kappa shape index (κ3) is 16.0. The topological polar surface area (TPSA) is 212 Å². The molecule has 3 fully saturated rings. The van der Waals surface area contributed by atoms with Crippen LogP contribution in [0.15, 0.2) is 65.4 Å². The van der Waals surface area contributed by atoms with Gasteiger partial charge in [0.15, 0.2) is 18.4 Å². The lowest BCUT2D eigenvalue weighted by Crippen LogP contribution is -2.63. The zero-order chi connectivity index (χ0) is 49.3. The molecule has 1 aromatic rings. The molecule has 3 saturated heterocycles. The third-order valence-electron chi connectivity index (χ3n) is 13.0. The van der Waals surface area contributed by atoms with Crippen LogP contribution in [0.5, 0.6) is 0 Å². The summed E-state index contributed by atoms with van der Waals surface area (Å²) in [4.78, 5) is 35.3. The zero-order valence-corrected chi connectivity index (χ0v) is 41.1. The van der Waals surface area contributed by atoms with Gasteiger partial charge in [-0.3, -0.25) is 9.59 Å². The van der Waals surface area contributed by atoms with E-state index in [9.17, 15) is 24.9 Å². The number of aliphatic hydroxyl groups is 3. The number of benzene rings is 1. The fraction of sp³-hybridized carbons (Fsp3) is 0.700. The fourth-order valence-corrected chi connectivity index (χ4v) is 9.12. The maximum atomic E-state index is 14.1. The minimum absolute atomic E-state index is 0.0259. The van der Waals surface area contributed by atoms with Crippen LogP contribution in [-0.2, 0) is 61.8 Å². The number of allylic oxidation sites excluding steroid dienone is 3. The van der Waals surface area contributed by atoms with Crippen LogP contribution in [0.3, 0.4) is 0 Å². The van der Waals surface area contributed by atoms with Crippen molar-refractivity contribution in [3.63, 3.8) is 0 Å². The number of oxime groups is 1. The highest BCUT2D eigenvalue weighted by Crippen LogP contribution is 2.36. The summed E-state index contributed by atoms with van der Waals surface area (Å²) in [5.74, 6) is -2.60. The molecule has 4 aliphatic heterocycles. The van der Waals surface area contributed by atoms with E-state index >= 15 is 0 Å². The molecular weight excluding hydrogens is 885 g/mol. The second-order valence-electron chi connectivity index (χ2n) is 18.5. The lowest BCUT2D eigenvalue weighted by atomic mass is 9.79. The molecule has 0 saturated carbocycles. The SMILES string of the molecule is CO[C@@H]1[C@H](O)[C@@H](C)O[C@@H](OC[C@H]2/C=C(C)/C=C/C(=O)[C@H](C)CC3CCOC/C(=N\OCOC/C=C/c4ccccc4)CO[C@H](CC(=O)OC2)[C@H](C)[C@H]3O[C@@H]2O[C@H](C)[C@@H](O)[C@H](N(C)C)[C@H]2O)[C@@H]1OC. The first-order valence-electron chi connectivity index (χ1n) is 23.7. The van der Waals surface area contributed by atoms with Crippen LogP contribution in [-0.4, -0.2) is 186 Å². The summed E-state index contributed by atoms with van der Waals surface area (Å²) in [6.07, 6.45) is -0.137. The van der Waals surface area contributed by atoms with Crippen LogP contribution >= 0.6 is 0 Å². The van der Waals surface area contributed by atoms with Crippen molar-refractivity contribution in [2.75, 3.05) is 74.7 Å². The first-order valence-corrected chi connectivity index (χ1v) is 23.7. The van der Waals surface area contributed by atoms with Crippen molar-refractivity contribution in [2.24, 2.45) is 28.8 Å². The standard InChI is InChI=1S/C50H76N2O16/c1-30-17-18-39(53)31(2)23-37-19-21-60-27-38(51-65-29-61-20-13-16-35-14-11-10-12-15-35)28-62-40(32(3)46(37)68-49-45(57)42(52(6)7)43(55)33(4)66-49)24-41(54)63-25-36(22-30)26-64-50-48(59-9)47(58-8)44(56)34(5)67-50/h10-18,22,31-34,36-37,40,42-50,55-57H,19-21,23-29H2,1-9H3/b16-13+,18-17+,30-22+,51-38+/t31-,32+,33-,34-,36+,37?,40-,42+,43-,44-,45-,46-,47-,48-,49+,50-/m1/s1. The van der Waals surface area contributed by atoms with Crippen LogP contribution in [0.2, 0.25) is 0 Å². The number of carbonyl (C=O) groups excluding carboxylic acids is 2. The van der Waals surface area contributed by atoms with Gasteiger partial charge in [-0.25, -0.2) is 0 Å². The average molecular weight is 961 g/mol. The zero-order valence-electron chi connectivity index (χ0n) is 41.1. The number of ether oxygens (including phenoxy) is 10. The number of rotatable bonds is 14. The van der Waals surface area contributed by atoms with Crippen molar-refractivity contribution < 1.29 is 77.1 Å². The van der Waals surface area contributed by atoms with Gasteiger partial charge in [0.1, 0.15) is 30.1 Å². The number of aliphatic hydroxyl groups excluding tert-OH is 3. The number of methoxy groups -OCH3 is 2. The Bertz CT molecular complexity index is 1810. The minimum Gasteiger partial charge on any atom is -0.465 e. The van der Waals surface area contributed by atoms with E-state index in [1.165, 1.54) is 14.2 Å². The number of ketones is 1. The van der Waals surface area contributed by atoms with E-state index in [1.807, 2.05) is 69.3 Å². The number of likely N-dealkylation sites (N-methyl/N-ethyl adjacent to an activating group) is 1. The molecule has 5 rings (SSSR count). The Balaban J connectivity index is 1.42. The molecule has 2 bridgehead atoms. The monoisotopic (exact) mass is 961 g/mol. The van der Waals surface area contributed by atoms with Gasteiger partial charge in [0.2, 0.25) is 6.79 Å². The largest absolute Gasteiger partial charge is 0.465 e. The fourth-order valence-electron chi connectivity index (χ4n) is 9.12. The Hall–Kier alpha value is -3.47. The van der Waals surface area contributed by atoms with E-state index < -0.39 is 97.3 Å². The molecule has 18 heteroatoms.